The van der Waals surface area contributed by atoms with E-state index < -0.39 is 13.8 Å². The third-order valence-electron chi connectivity index (χ3n) is 4.22. The summed E-state index contributed by atoms with van der Waals surface area (Å²) >= 11 is 0. The molecule has 0 aromatic heterocycles. The first-order valence-corrected chi connectivity index (χ1v) is 10.3. The molecule has 0 rings (SSSR count). The van der Waals surface area contributed by atoms with Crippen LogP contribution in [-0.2, 0) is 18.4 Å². The highest BCUT2D eigenvalue weighted by Gasteiger charge is 2.35. The lowest BCUT2D eigenvalue weighted by Crippen LogP contribution is -2.58. The van der Waals surface area contributed by atoms with Gasteiger partial charge in [0.2, 0.25) is 0 Å². The minimum absolute atomic E-state index is 0.0230. The summed E-state index contributed by atoms with van der Waals surface area (Å²) in [5.41, 5.74) is 0.0230. The Bertz CT molecular complexity index is 435. The van der Waals surface area contributed by atoms with Gasteiger partial charge in [-0.3, -0.25) is 4.57 Å². The Kier molecular flexibility index (Phi) is 10.7. The first kappa shape index (κ1) is 23.3. The molecular weight excluding hydrogens is 329 g/mol. The molecule has 0 aromatic rings. The lowest BCUT2D eigenvalue weighted by molar-refractivity contribution is -0.951. The summed E-state index contributed by atoms with van der Waals surface area (Å²) in [4.78, 5) is 23.3. The van der Waals surface area contributed by atoms with Gasteiger partial charge in [0.25, 0.3) is 0 Å². The highest BCUT2D eigenvalue weighted by atomic mass is 31.2. The van der Waals surface area contributed by atoms with E-state index in [1.165, 1.54) is 6.92 Å². The van der Waals surface area contributed by atoms with Crippen molar-refractivity contribution in [2.75, 3.05) is 26.2 Å². The number of quaternary nitrogens is 1. The van der Waals surface area contributed by atoms with Crippen LogP contribution in [0.25, 0.3) is 0 Å². The Balaban J connectivity index is 5.11. The van der Waals surface area contributed by atoms with Gasteiger partial charge in [-0.2, -0.15) is 0 Å². The fourth-order valence-electron chi connectivity index (χ4n) is 3.27. The van der Waals surface area contributed by atoms with Gasteiger partial charge in [0.1, 0.15) is 12.6 Å². The quantitative estimate of drug-likeness (QED) is 0.285. The first-order chi connectivity index (χ1) is 11.2. The molecule has 24 heavy (non-hydrogen) atoms. The second-order valence-corrected chi connectivity index (χ2v) is 7.69. The first-order valence-electron chi connectivity index (χ1n) is 8.88. The van der Waals surface area contributed by atoms with Crippen LogP contribution in [0, 0.1) is 0 Å². The van der Waals surface area contributed by atoms with Crippen LogP contribution < -0.4 is 4.89 Å². The summed E-state index contributed by atoms with van der Waals surface area (Å²) in [5, 5.41) is 0. The molecule has 6 nitrogen and oxygen atoms in total. The van der Waals surface area contributed by atoms with Crippen molar-refractivity contribution in [3.05, 3.63) is 12.2 Å². The molecule has 2 atom stereocenters. The van der Waals surface area contributed by atoms with E-state index in [4.69, 9.17) is 4.52 Å². The lowest BCUT2D eigenvalue weighted by Gasteiger charge is -2.45. The average Bonchev–Trinajstić information content (AvgIpc) is 2.47. The maximum absolute atomic E-state index is 11.9. The second-order valence-electron chi connectivity index (χ2n) is 6.35. The van der Waals surface area contributed by atoms with E-state index in [-0.39, 0.29) is 18.2 Å². The molecule has 0 fully saturated rings. The SMILES string of the molecule is C=C(C)C(=O)OP(=O)([O-])OCC(CC)[N+](CCC)(CCC)CCC. The summed E-state index contributed by atoms with van der Waals surface area (Å²) < 4.78 is 22.2. The third-order valence-corrected chi connectivity index (χ3v) is 5.08. The molecular formula is C17H34NO5P. The number of carbonyl (C=O) groups is 1. The van der Waals surface area contributed by atoms with Crippen LogP contribution >= 0.6 is 7.82 Å². The lowest BCUT2D eigenvalue weighted by atomic mass is 10.1. The van der Waals surface area contributed by atoms with Crippen molar-refractivity contribution in [1.82, 2.24) is 0 Å². The van der Waals surface area contributed by atoms with Gasteiger partial charge >= 0.3 is 13.8 Å². The van der Waals surface area contributed by atoms with Gasteiger partial charge in [-0.1, -0.05) is 34.3 Å². The highest BCUT2D eigenvalue weighted by Crippen LogP contribution is 2.40. The Morgan fingerprint density at radius 2 is 1.58 bits per heavy atom. The summed E-state index contributed by atoms with van der Waals surface area (Å²) in [6.07, 6.45) is 3.87. The molecule has 7 heteroatoms. The molecule has 0 saturated carbocycles. The van der Waals surface area contributed by atoms with Gasteiger partial charge in [0.15, 0.2) is 0 Å². The summed E-state index contributed by atoms with van der Waals surface area (Å²) in [7, 11) is -4.67. The third kappa shape index (κ3) is 7.47. The van der Waals surface area contributed by atoms with Gasteiger partial charge in [-0.05, 0) is 32.6 Å². The van der Waals surface area contributed by atoms with Crippen LogP contribution in [0.5, 0.6) is 0 Å². The van der Waals surface area contributed by atoms with Crippen LogP contribution in [-0.4, -0.2) is 42.7 Å². The number of hydrogen-bond acceptors (Lipinski definition) is 5. The van der Waals surface area contributed by atoms with Crippen molar-refractivity contribution in [3.63, 3.8) is 0 Å². The monoisotopic (exact) mass is 363 g/mol. The summed E-state index contributed by atoms with van der Waals surface area (Å²) in [6, 6.07) is 0.0515. The van der Waals surface area contributed by atoms with Crippen LogP contribution in [0.15, 0.2) is 12.2 Å². The molecule has 0 aromatic carbocycles. The standard InChI is InChI=1S/C17H34NO5P/c1-7-11-18(12-8-2,13-9-3)16(10-4)14-22-24(20,21)23-17(19)15(5)6/h16H,5,7-14H2,1-4,6H3. The van der Waals surface area contributed by atoms with E-state index in [0.29, 0.717) is 0 Å². The van der Waals surface area contributed by atoms with Gasteiger partial charge < -0.3 is 18.4 Å². The van der Waals surface area contributed by atoms with Crippen LogP contribution in [0.4, 0.5) is 0 Å². The van der Waals surface area contributed by atoms with Gasteiger partial charge in [-0.15, -0.1) is 0 Å². The Hall–Kier alpha value is -0.680. The van der Waals surface area contributed by atoms with E-state index in [2.05, 4.69) is 31.9 Å². The predicted molar refractivity (Wildman–Crippen MR) is 94.3 cm³/mol. The largest absolute Gasteiger partial charge is 0.746 e. The maximum Gasteiger partial charge on any atom is 0.338 e. The molecule has 0 spiro atoms. The number of phosphoric ester groups is 1. The van der Waals surface area contributed by atoms with Crippen LogP contribution in [0.2, 0.25) is 0 Å². The van der Waals surface area contributed by atoms with Crippen LogP contribution in [0.3, 0.4) is 0 Å². The van der Waals surface area contributed by atoms with Crippen molar-refractivity contribution < 1.29 is 27.8 Å². The number of phosphoric acid groups is 1. The summed E-state index contributed by atoms with van der Waals surface area (Å²) in [5.74, 6) is -0.974. The second kappa shape index (κ2) is 11.0. The van der Waals surface area contributed by atoms with Crippen molar-refractivity contribution in [2.24, 2.45) is 0 Å². The molecule has 0 bridgehead atoms. The Labute approximate surface area is 147 Å². The molecule has 0 amide bonds. The minimum atomic E-state index is -4.67. The zero-order valence-corrected chi connectivity index (χ0v) is 16.8. The van der Waals surface area contributed by atoms with E-state index in [9.17, 15) is 14.3 Å². The smallest absolute Gasteiger partial charge is 0.338 e. The minimum Gasteiger partial charge on any atom is -0.746 e. The highest BCUT2D eigenvalue weighted by molar-refractivity contribution is 7.46. The predicted octanol–water partition coefficient (Wildman–Crippen LogP) is 3.42. The molecule has 142 valence electrons. The van der Waals surface area contributed by atoms with Crippen molar-refractivity contribution >= 4 is 13.8 Å². The Morgan fingerprint density at radius 3 is 1.92 bits per heavy atom. The van der Waals surface area contributed by atoms with E-state index in [1.807, 2.05) is 6.92 Å². The molecule has 0 aliphatic rings. The number of rotatable bonds is 13. The van der Waals surface area contributed by atoms with Crippen molar-refractivity contribution in [3.8, 4) is 0 Å². The summed E-state index contributed by atoms with van der Waals surface area (Å²) in [6.45, 7) is 16.2. The maximum atomic E-state index is 11.9. The molecule has 0 N–H and O–H groups in total. The molecule has 0 saturated heterocycles. The zero-order chi connectivity index (χ0) is 18.8. The molecule has 2 unspecified atom stereocenters. The fraction of sp³-hybridized carbons (Fsp3) is 0.824. The van der Waals surface area contributed by atoms with E-state index in [0.717, 1.165) is 49.8 Å². The fourth-order valence-corrected chi connectivity index (χ4v) is 4.03. The number of nitrogens with zero attached hydrogens (tertiary/aromatic N) is 1. The van der Waals surface area contributed by atoms with Crippen molar-refractivity contribution in [2.45, 2.75) is 66.3 Å². The normalized spacial score (nSPS) is 15.6. The molecule has 0 aliphatic heterocycles. The number of carbonyl (C=O) groups excluding carboxylic acids is 1. The Morgan fingerprint density at radius 1 is 1.12 bits per heavy atom. The molecule has 0 heterocycles. The topological polar surface area (TPSA) is 75.7 Å². The van der Waals surface area contributed by atoms with Crippen molar-refractivity contribution in [1.29, 1.82) is 0 Å². The van der Waals surface area contributed by atoms with Gasteiger partial charge in [-0.25, -0.2) is 4.79 Å². The van der Waals surface area contributed by atoms with E-state index >= 15 is 0 Å². The zero-order valence-electron chi connectivity index (χ0n) is 15.9. The molecule has 0 radical (unpaired) electrons. The number of hydrogen-bond donors (Lipinski definition) is 0. The average molecular weight is 363 g/mol. The van der Waals surface area contributed by atoms with Gasteiger partial charge in [0.05, 0.1) is 19.6 Å². The van der Waals surface area contributed by atoms with E-state index in [1.54, 1.807) is 0 Å². The molecule has 0 aliphatic carbocycles. The van der Waals surface area contributed by atoms with Crippen LogP contribution in [0.1, 0.15) is 60.3 Å². The van der Waals surface area contributed by atoms with Gasteiger partial charge in [0, 0.05) is 5.57 Å².